The van der Waals surface area contributed by atoms with Gasteiger partial charge in [-0.05, 0) is 32.7 Å². The molecule has 1 saturated heterocycles. The zero-order chi connectivity index (χ0) is 12.8. The van der Waals surface area contributed by atoms with Crippen LogP contribution in [0.2, 0.25) is 0 Å². The van der Waals surface area contributed by atoms with Gasteiger partial charge in [0.05, 0.1) is 6.04 Å². The first-order valence-corrected chi connectivity index (χ1v) is 6.25. The topological polar surface area (TPSA) is 58.4 Å². The van der Waals surface area contributed by atoms with Crippen molar-refractivity contribution < 1.29 is 4.79 Å². The fourth-order valence-corrected chi connectivity index (χ4v) is 2.09. The minimum absolute atomic E-state index is 0.133. The second kappa shape index (κ2) is 6.63. The lowest BCUT2D eigenvalue weighted by Crippen LogP contribution is -2.42. The smallest absolute Gasteiger partial charge is 0.237 e. The lowest BCUT2D eigenvalue weighted by atomic mass is 10.1. The molecule has 0 bridgehead atoms. The molecule has 0 aliphatic carbocycles. The largest absolute Gasteiger partial charge is 0.354 e. The molecule has 0 aromatic carbocycles. The number of hydrogen-bond donors (Lipinski definition) is 2. The van der Waals surface area contributed by atoms with E-state index in [1.54, 1.807) is 0 Å². The van der Waals surface area contributed by atoms with Crippen LogP contribution in [0.3, 0.4) is 0 Å². The molecule has 1 rings (SSSR count). The van der Waals surface area contributed by atoms with Gasteiger partial charge in [0, 0.05) is 25.6 Å². The minimum atomic E-state index is -0.567. The van der Waals surface area contributed by atoms with Crippen molar-refractivity contribution in [2.45, 2.75) is 38.8 Å². The number of nitrogens with zero attached hydrogens (tertiary/aromatic N) is 1. The van der Waals surface area contributed by atoms with Crippen molar-refractivity contribution in [1.29, 1.82) is 0 Å². The molecule has 4 nitrogen and oxygen atoms in total. The van der Waals surface area contributed by atoms with Crippen molar-refractivity contribution in [3.05, 3.63) is 0 Å². The van der Waals surface area contributed by atoms with Gasteiger partial charge in [-0.15, -0.1) is 12.3 Å². The molecule has 1 heterocycles. The number of likely N-dealkylation sites (tertiary alicyclic amines) is 1. The predicted molar refractivity (Wildman–Crippen MR) is 69.3 cm³/mol. The zero-order valence-corrected chi connectivity index (χ0v) is 10.8. The number of carbonyl (C=O) groups is 1. The van der Waals surface area contributed by atoms with E-state index in [1.807, 2.05) is 0 Å². The summed E-state index contributed by atoms with van der Waals surface area (Å²) in [5.74, 6) is 2.81. The lowest BCUT2D eigenvalue weighted by Gasteiger charge is -2.20. The summed E-state index contributed by atoms with van der Waals surface area (Å²) in [4.78, 5) is 14.0. The molecule has 0 aromatic rings. The van der Waals surface area contributed by atoms with Crippen molar-refractivity contribution in [2.75, 3.05) is 19.6 Å². The van der Waals surface area contributed by atoms with Gasteiger partial charge in [0.15, 0.2) is 0 Å². The zero-order valence-electron chi connectivity index (χ0n) is 10.8. The molecule has 1 aliphatic rings. The summed E-state index contributed by atoms with van der Waals surface area (Å²) in [6.45, 7) is 7.28. The van der Waals surface area contributed by atoms with Crippen LogP contribution in [0.1, 0.15) is 26.7 Å². The van der Waals surface area contributed by atoms with E-state index in [9.17, 15) is 4.79 Å². The summed E-state index contributed by atoms with van der Waals surface area (Å²) in [7, 11) is 0. The molecule has 96 valence electrons. The molecule has 1 fully saturated rings. The second-order valence-corrected chi connectivity index (χ2v) is 5.00. The Balaban J connectivity index is 2.24. The fourth-order valence-electron chi connectivity index (χ4n) is 2.09. The SMILES string of the molecule is C#CCC(N)C(=O)NCC1CCN(C(C)C)C1. The van der Waals surface area contributed by atoms with Crippen LogP contribution in [0.5, 0.6) is 0 Å². The monoisotopic (exact) mass is 237 g/mol. The molecular formula is C13H23N3O. The Kier molecular flexibility index (Phi) is 5.46. The van der Waals surface area contributed by atoms with Crippen LogP contribution in [-0.4, -0.2) is 42.5 Å². The van der Waals surface area contributed by atoms with Gasteiger partial charge in [-0.3, -0.25) is 4.79 Å². The number of terminal acetylenes is 1. The van der Waals surface area contributed by atoms with Crippen LogP contribution < -0.4 is 11.1 Å². The van der Waals surface area contributed by atoms with Crippen molar-refractivity contribution in [3.8, 4) is 12.3 Å². The highest BCUT2D eigenvalue weighted by Crippen LogP contribution is 2.17. The van der Waals surface area contributed by atoms with Gasteiger partial charge in [-0.2, -0.15) is 0 Å². The number of rotatable bonds is 5. The average Bonchev–Trinajstić information content (AvgIpc) is 2.75. The molecule has 0 radical (unpaired) electrons. The standard InChI is InChI=1S/C13H23N3O/c1-4-5-12(14)13(17)15-8-11-6-7-16(9-11)10(2)3/h1,10-12H,5-9,14H2,2-3H3,(H,15,17). The van der Waals surface area contributed by atoms with Crippen LogP contribution >= 0.6 is 0 Å². The summed E-state index contributed by atoms with van der Waals surface area (Å²) in [5, 5.41) is 2.88. The van der Waals surface area contributed by atoms with Gasteiger partial charge in [-0.1, -0.05) is 0 Å². The van der Waals surface area contributed by atoms with Gasteiger partial charge in [0.2, 0.25) is 5.91 Å². The molecule has 17 heavy (non-hydrogen) atoms. The number of nitrogens with one attached hydrogen (secondary N) is 1. The van der Waals surface area contributed by atoms with E-state index < -0.39 is 6.04 Å². The lowest BCUT2D eigenvalue weighted by molar-refractivity contribution is -0.122. The maximum absolute atomic E-state index is 11.6. The van der Waals surface area contributed by atoms with E-state index in [-0.39, 0.29) is 5.91 Å². The summed E-state index contributed by atoms with van der Waals surface area (Å²) < 4.78 is 0. The summed E-state index contributed by atoms with van der Waals surface area (Å²) in [5.41, 5.74) is 5.62. The Morgan fingerprint density at radius 1 is 1.65 bits per heavy atom. The number of amides is 1. The Morgan fingerprint density at radius 2 is 2.35 bits per heavy atom. The van der Waals surface area contributed by atoms with Crippen molar-refractivity contribution >= 4 is 5.91 Å². The highest BCUT2D eigenvalue weighted by atomic mass is 16.2. The van der Waals surface area contributed by atoms with Gasteiger partial charge >= 0.3 is 0 Å². The minimum Gasteiger partial charge on any atom is -0.354 e. The Bertz CT molecular complexity index is 296. The van der Waals surface area contributed by atoms with Gasteiger partial charge in [0.25, 0.3) is 0 Å². The first-order valence-electron chi connectivity index (χ1n) is 6.25. The number of carbonyl (C=O) groups excluding carboxylic acids is 1. The van der Waals surface area contributed by atoms with Crippen molar-refractivity contribution in [1.82, 2.24) is 10.2 Å². The summed E-state index contributed by atoms with van der Waals surface area (Å²) >= 11 is 0. The maximum atomic E-state index is 11.6. The Morgan fingerprint density at radius 3 is 2.88 bits per heavy atom. The molecule has 3 N–H and O–H groups in total. The quantitative estimate of drug-likeness (QED) is 0.671. The molecule has 2 atom stereocenters. The highest BCUT2D eigenvalue weighted by Gasteiger charge is 2.24. The summed E-state index contributed by atoms with van der Waals surface area (Å²) in [6.07, 6.45) is 6.56. The molecule has 0 saturated carbocycles. The molecule has 0 aromatic heterocycles. The van der Waals surface area contributed by atoms with E-state index in [0.717, 1.165) is 19.5 Å². The highest BCUT2D eigenvalue weighted by molar-refractivity contribution is 5.81. The van der Waals surface area contributed by atoms with Crippen LogP contribution in [-0.2, 0) is 4.79 Å². The van der Waals surface area contributed by atoms with Crippen molar-refractivity contribution in [3.63, 3.8) is 0 Å². The number of nitrogens with two attached hydrogens (primary N) is 1. The van der Waals surface area contributed by atoms with Gasteiger partial charge < -0.3 is 16.0 Å². The Hall–Kier alpha value is -1.05. The van der Waals surface area contributed by atoms with Crippen LogP contribution in [0, 0.1) is 18.3 Å². The molecule has 0 spiro atoms. The first-order chi connectivity index (χ1) is 8.04. The predicted octanol–water partition coefficient (Wildman–Crippen LogP) is 0.184. The van der Waals surface area contributed by atoms with Crippen LogP contribution in [0.4, 0.5) is 0 Å². The summed E-state index contributed by atoms with van der Waals surface area (Å²) in [6, 6.07) is 0.0157. The average molecular weight is 237 g/mol. The molecule has 1 aliphatic heterocycles. The Labute approximate surface area is 104 Å². The van der Waals surface area contributed by atoms with Crippen molar-refractivity contribution in [2.24, 2.45) is 11.7 Å². The van der Waals surface area contributed by atoms with E-state index >= 15 is 0 Å². The fraction of sp³-hybridized carbons (Fsp3) is 0.769. The third-order valence-electron chi connectivity index (χ3n) is 3.29. The van der Waals surface area contributed by atoms with Gasteiger partial charge in [-0.25, -0.2) is 0 Å². The normalized spacial score (nSPS) is 22.4. The van der Waals surface area contributed by atoms with E-state index in [1.165, 1.54) is 0 Å². The van der Waals surface area contributed by atoms with E-state index in [2.05, 4.69) is 30.0 Å². The number of hydrogen-bond acceptors (Lipinski definition) is 3. The van der Waals surface area contributed by atoms with E-state index in [4.69, 9.17) is 12.2 Å². The third kappa shape index (κ3) is 4.37. The van der Waals surface area contributed by atoms with Gasteiger partial charge in [0.1, 0.15) is 0 Å². The van der Waals surface area contributed by atoms with E-state index in [0.29, 0.717) is 24.9 Å². The van der Waals surface area contributed by atoms with Crippen LogP contribution in [0.15, 0.2) is 0 Å². The maximum Gasteiger partial charge on any atom is 0.237 e. The second-order valence-electron chi connectivity index (χ2n) is 5.00. The van der Waals surface area contributed by atoms with Crippen LogP contribution in [0.25, 0.3) is 0 Å². The molecule has 4 heteroatoms. The molecule has 2 unspecified atom stereocenters. The third-order valence-corrected chi connectivity index (χ3v) is 3.29. The molecule has 1 amide bonds. The first kappa shape index (κ1) is 14.0. The molecular weight excluding hydrogens is 214 g/mol.